The number of halogens is 2. The van der Waals surface area contributed by atoms with Crippen molar-refractivity contribution in [3.8, 4) is 5.75 Å². The van der Waals surface area contributed by atoms with Gasteiger partial charge in [0.2, 0.25) is 0 Å². The van der Waals surface area contributed by atoms with Crippen molar-refractivity contribution in [1.82, 2.24) is 0 Å². The first-order valence-corrected chi connectivity index (χ1v) is 9.93. The minimum absolute atomic E-state index is 0.0733. The topological polar surface area (TPSA) is 84.5 Å². The zero-order chi connectivity index (χ0) is 19.2. The standard InChI is InChI=1S/C17H16Cl2N2O4S/c1-8-6-12(18)9(2)16(15(8)19)26(23,24)21-11-4-5-14-13(7-11)20-17(22)10(3)25-14/h4-7,10,21H,1-3H3,(H,20,22)/t10-/m0/s1. The molecular weight excluding hydrogens is 399 g/mol. The number of benzene rings is 2. The summed E-state index contributed by atoms with van der Waals surface area (Å²) in [6.07, 6.45) is -0.610. The molecule has 2 aromatic carbocycles. The van der Waals surface area contributed by atoms with Crippen molar-refractivity contribution in [2.45, 2.75) is 31.8 Å². The first-order valence-electron chi connectivity index (χ1n) is 7.69. The predicted octanol–water partition coefficient (Wildman–Crippen LogP) is 4.13. The van der Waals surface area contributed by atoms with Crippen molar-refractivity contribution in [3.63, 3.8) is 0 Å². The molecule has 0 bridgehead atoms. The minimum Gasteiger partial charge on any atom is -0.479 e. The van der Waals surface area contributed by atoms with Gasteiger partial charge in [-0.2, -0.15) is 0 Å². The molecule has 0 saturated carbocycles. The molecule has 1 aliphatic heterocycles. The van der Waals surface area contributed by atoms with Gasteiger partial charge in [-0.15, -0.1) is 0 Å². The van der Waals surface area contributed by atoms with Crippen LogP contribution in [0.2, 0.25) is 10.0 Å². The van der Waals surface area contributed by atoms with E-state index in [0.717, 1.165) is 0 Å². The Bertz CT molecular complexity index is 996. The lowest BCUT2D eigenvalue weighted by Crippen LogP contribution is -2.34. The van der Waals surface area contributed by atoms with Crippen molar-refractivity contribution in [1.29, 1.82) is 0 Å². The van der Waals surface area contributed by atoms with Crippen LogP contribution in [0.15, 0.2) is 29.2 Å². The van der Waals surface area contributed by atoms with Crippen LogP contribution in [0.4, 0.5) is 11.4 Å². The van der Waals surface area contributed by atoms with Crippen molar-refractivity contribution in [2.24, 2.45) is 0 Å². The molecule has 138 valence electrons. The number of sulfonamides is 1. The van der Waals surface area contributed by atoms with E-state index in [2.05, 4.69) is 10.0 Å². The summed E-state index contributed by atoms with van der Waals surface area (Å²) in [6, 6.07) is 6.23. The summed E-state index contributed by atoms with van der Waals surface area (Å²) in [5, 5.41) is 3.10. The maximum absolute atomic E-state index is 12.9. The fourth-order valence-electron chi connectivity index (χ4n) is 2.61. The molecule has 0 unspecified atom stereocenters. The van der Waals surface area contributed by atoms with Gasteiger partial charge in [0, 0.05) is 5.02 Å². The molecular formula is C17H16Cl2N2O4S. The van der Waals surface area contributed by atoms with Gasteiger partial charge in [0.15, 0.2) is 6.10 Å². The molecule has 0 aromatic heterocycles. The molecule has 1 amide bonds. The van der Waals surface area contributed by atoms with Gasteiger partial charge in [-0.05, 0) is 56.2 Å². The first-order chi connectivity index (χ1) is 12.1. The highest BCUT2D eigenvalue weighted by atomic mass is 35.5. The van der Waals surface area contributed by atoms with Crippen LogP contribution < -0.4 is 14.8 Å². The summed E-state index contributed by atoms with van der Waals surface area (Å²) < 4.78 is 33.6. The molecule has 0 aliphatic carbocycles. The van der Waals surface area contributed by atoms with Gasteiger partial charge in [0.25, 0.3) is 15.9 Å². The van der Waals surface area contributed by atoms with E-state index in [0.29, 0.717) is 27.6 Å². The summed E-state index contributed by atoms with van der Waals surface area (Å²) in [5.74, 6) is 0.162. The maximum atomic E-state index is 12.9. The average Bonchev–Trinajstić information content (AvgIpc) is 2.54. The normalized spacial score (nSPS) is 16.5. The number of amides is 1. The fraction of sp³-hybridized carbons (Fsp3) is 0.235. The van der Waals surface area contributed by atoms with E-state index in [9.17, 15) is 13.2 Å². The monoisotopic (exact) mass is 414 g/mol. The highest BCUT2D eigenvalue weighted by Crippen LogP contribution is 2.36. The van der Waals surface area contributed by atoms with Crippen LogP contribution in [0.1, 0.15) is 18.1 Å². The Hall–Kier alpha value is -1.96. The predicted molar refractivity (Wildman–Crippen MR) is 102 cm³/mol. The molecule has 0 fully saturated rings. The number of hydrogen-bond acceptors (Lipinski definition) is 4. The van der Waals surface area contributed by atoms with Crippen molar-refractivity contribution in [3.05, 3.63) is 45.4 Å². The Morgan fingerprint density at radius 3 is 2.58 bits per heavy atom. The first kappa shape index (κ1) is 18.8. The second-order valence-electron chi connectivity index (χ2n) is 6.01. The lowest BCUT2D eigenvalue weighted by Gasteiger charge is -2.24. The fourth-order valence-corrected chi connectivity index (χ4v) is 4.88. The Balaban J connectivity index is 2.00. The molecule has 3 rings (SSSR count). The number of fused-ring (bicyclic) bond motifs is 1. The highest BCUT2D eigenvalue weighted by Gasteiger charge is 2.26. The molecule has 0 spiro atoms. The SMILES string of the molecule is Cc1cc(Cl)c(C)c(S(=O)(=O)Nc2ccc3c(c2)NC(=O)[C@H](C)O3)c1Cl. The lowest BCUT2D eigenvalue weighted by atomic mass is 10.2. The summed E-state index contributed by atoms with van der Waals surface area (Å²) in [7, 11) is -3.99. The number of nitrogens with one attached hydrogen (secondary N) is 2. The summed E-state index contributed by atoms with van der Waals surface area (Å²) in [6.45, 7) is 4.89. The van der Waals surface area contributed by atoms with Gasteiger partial charge in [-0.25, -0.2) is 8.42 Å². The summed E-state index contributed by atoms with van der Waals surface area (Å²) in [4.78, 5) is 11.7. The van der Waals surface area contributed by atoms with Gasteiger partial charge in [0.05, 0.1) is 16.4 Å². The molecule has 9 heteroatoms. The molecule has 26 heavy (non-hydrogen) atoms. The van der Waals surface area contributed by atoms with E-state index < -0.39 is 16.1 Å². The number of hydrogen-bond donors (Lipinski definition) is 2. The molecule has 0 radical (unpaired) electrons. The van der Waals surface area contributed by atoms with E-state index in [-0.39, 0.29) is 21.5 Å². The zero-order valence-corrected chi connectivity index (χ0v) is 16.5. The van der Waals surface area contributed by atoms with Crippen LogP contribution in [0.3, 0.4) is 0 Å². The number of carbonyl (C=O) groups is 1. The molecule has 1 heterocycles. The quantitative estimate of drug-likeness (QED) is 0.790. The van der Waals surface area contributed by atoms with Crippen LogP contribution in [0, 0.1) is 13.8 Å². The Labute approximate surface area is 161 Å². The van der Waals surface area contributed by atoms with Gasteiger partial charge >= 0.3 is 0 Å². The van der Waals surface area contributed by atoms with Crippen LogP contribution in [0.5, 0.6) is 5.75 Å². The molecule has 0 saturated heterocycles. The zero-order valence-electron chi connectivity index (χ0n) is 14.2. The van der Waals surface area contributed by atoms with Crippen molar-refractivity contribution >= 4 is 50.5 Å². The van der Waals surface area contributed by atoms with Crippen LogP contribution in [0.25, 0.3) is 0 Å². The van der Waals surface area contributed by atoms with Gasteiger partial charge < -0.3 is 10.1 Å². The third-order valence-electron chi connectivity index (χ3n) is 4.02. The average molecular weight is 415 g/mol. The maximum Gasteiger partial charge on any atom is 0.265 e. The summed E-state index contributed by atoms with van der Waals surface area (Å²) >= 11 is 12.3. The highest BCUT2D eigenvalue weighted by molar-refractivity contribution is 7.93. The number of aryl methyl sites for hydroxylation is 1. The third kappa shape index (κ3) is 3.34. The van der Waals surface area contributed by atoms with E-state index in [1.165, 1.54) is 6.07 Å². The van der Waals surface area contributed by atoms with Gasteiger partial charge in [-0.1, -0.05) is 23.2 Å². The summed E-state index contributed by atoms with van der Waals surface area (Å²) in [5.41, 5.74) is 1.56. The van der Waals surface area contributed by atoms with E-state index in [1.54, 1.807) is 39.0 Å². The smallest absolute Gasteiger partial charge is 0.265 e. The molecule has 6 nitrogen and oxygen atoms in total. The molecule has 1 atom stereocenters. The number of carbonyl (C=O) groups excluding carboxylic acids is 1. The van der Waals surface area contributed by atoms with Crippen LogP contribution >= 0.6 is 23.2 Å². The second kappa shape index (κ2) is 6.64. The van der Waals surface area contributed by atoms with Crippen LogP contribution in [-0.4, -0.2) is 20.4 Å². The van der Waals surface area contributed by atoms with Crippen molar-refractivity contribution in [2.75, 3.05) is 10.0 Å². The molecule has 2 N–H and O–H groups in total. The number of ether oxygens (including phenoxy) is 1. The van der Waals surface area contributed by atoms with E-state index >= 15 is 0 Å². The Kier molecular flexibility index (Phi) is 4.81. The number of rotatable bonds is 3. The van der Waals surface area contributed by atoms with E-state index in [4.69, 9.17) is 27.9 Å². The van der Waals surface area contributed by atoms with Crippen LogP contribution in [-0.2, 0) is 14.8 Å². The lowest BCUT2D eigenvalue weighted by molar-refractivity contribution is -0.122. The second-order valence-corrected chi connectivity index (χ2v) is 8.41. The Morgan fingerprint density at radius 1 is 1.19 bits per heavy atom. The molecule has 2 aromatic rings. The van der Waals surface area contributed by atoms with Crippen molar-refractivity contribution < 1.29 is 17.9 Å². The minimum atomic E-state index is -3.99. The van der Waals surface area contributed by atoms with Gasteiger partial charge in [0.1, 0.15) is 10.6 Å². The largest absolute Gasteiger partial charge is 0.479 e. The van der Waals surface area contributed by atoms with Gasteiger partial charge in [-0.3, -0.25) is 9.52 Å². The third-order valence-corrected chi connectivity index (χ3v) is 6.56. The van der Waals surface area contributed by atoms with E-state index in [1.807, 2.05) is 0 Å². The number of anilines is 2. The molecule has 1 aliphatic rings. The Morgan fingerprint density at radius 2 is 1.88 bits per heavy atom.